The fraction of sp³-hybridized carbons (Fsp3) is 0.0536. The Kier molecular flexibility index (Phi) is 8.16. The van der Waals surface area contributed by atoms with E-state index in [0.29, 0.717) is 5.82 Å². The fourth-order valence-corrected chi connectivity index (χ4v) is 9.42. The molecular weight excluding hydrogens is 715 g/mol. The molecule has 278 valence electrons. The molecule has 1 aliphatic carbocycles. The van der Waals surface area contributed by atoms with Crippen LogP contribution in [0.2, 0.25) is 0 Å². The molecule has 10 aromatic rings. The quantitative estimate of drug-likeness (QED) is 0.170. The van der Waals surface area contributed by atoms with Gasteiger partial charge in [-0.25, -0.2) is 9.97 Å². The monoisotopic (exact) mass is 753 g/mol. The summed E-state index contributed by atoms with van der Waals surface area (Å²) in [6.07, 6.45) is 3.70. The molecule has 2 aromatic heterocycles. The smallest absolute Gasteiger partial charge is 0.161 e. The molecular formula is C56H39N3. The van der Waals surface area contributed by atoms with E-state index in [2.05, 4.69) is 195 Å². The molecule has 0 aliphatic heterocycles. The van der Waals surface area contributed by atoms with Crippen LogP contribution in [0, 0.1) is 0 Å². The zero-order chi connectivity index (χ0) is 39.5. The van der Waals surface area contributed by atoms with Crippen molar-refractivity contribution in [1.82, 2.24) is 15.0 Å². The molecule has 0 fully saturated rings. The van der Waals surface area contributed by atoms with Crippen LogP contribution in [-0.2, 0) is 5.41 Å². The maximum absolute atomic E-state index is 5.27. The van der Waals surface area contributed by atoms with Crippen LogP contribution >= 0.6 is 0 Å². The van der Waals surface area contributed by atoms with Gasteiger partial charge in [0.15, 0.2) is 5.82 Å². The third-order valence-electron chi connectivity index (χ3n) is 12.2. The molecule has 11 rings (SSSR count). The number of hydrogen-bond donors (Lipinski definition) is 0. The molecule has 0 saturated heterocycles. The van der Waals surface area contributed by atoms with Gasteiger partial charge in [-0.2, -0.15) is 0 Å². The summed E-state index contributed by atoms with van der Waals surface area (Å²) in [5, 5.41) is 4.90. The molecule has 3 heteroatoms. The van der Waals surface area contributed by atoms with Crippen molar-refractivity contribution < 1.29 is 0 Å². The van der Waals surface area contributed by atoms with Crippen molar-refractivity contribution in [1.29, 1.82) is 0 Å². The number of benzene rings is 8. The van der Waals surface area contributed by atoms with Crippen LogP contribution < -0.4 is 0 Å². The van der Waals surface area contributed by atoms with Gasteiger partial charge in [0.05, 0.1) is 11.4 Å². The third-order valence-corrected chi connectivity index (χ3v) is 12.2. The molecule has 0 bridgehead atoms. The average molecular weight is 754 g/mol. The number of rotatable bonds is 6. The first-order valence-corrected chi connectivity index (χ1v) is 20.3. The van der Waals surface area contributed by atoms with Crippen LogP contribution in [-0.4, -0.2) is 15.0 Å². The first-order valence-electron chi connectivity index (χ1n) is 20.3. The maximum Gasteiger partial charge on any atom is 0.161 e. The van der Waals surface area contributed by atoms with Crippen LogP contribution in [0.3, 0.4) is 0 Å². The van der Waals surface area contributed by atoms with Crippen molar-refractivity contribution in [3.8, 4) is 78.4 Å². The highest BCUT2D eigenvalue weighted by atomic mass is 14.9. The number of nitrogens with zero attached hydrogens (tertiary/aromatic N) is 3. The van der Waals surface area contributed by atoms with Gasteiger partial charge in [0.2, 0.25) is 0 Å². The third kappa shape index (κ3) is 5.85. The van der Waals surface area contributed by atoms with Crippen molar-refractivity contribution >= 4 is 21.5 Å². The highest BCUT2D eigenvalue weighted by Gasteiger charge is 2.38. The summed E-state index contributed by atoms with van der Waals surface area (Å²) >= 11 is 0. The Labute approximate surface area is 344 Å². The van der Waals surface area contributed by atoms with Crippen molar-refractivity contribution in [3.05, 3.63) is 212 Å². The van der Waals surface area contributed by atoms with Gasteiger partial charge >= 0.3 is 0 Å². The van der Waals surface area contributed by atoms with Crippen LogP contribution in [0.25, 0.3) is 100.0 Å². The summed E-state index contributed by atoms with van der Waals surface area (Å²) in [5.41, 5.74) is 17.2. The number of fused-ring (bicyclic) bond motifs is 6. The molecule has 3 nitrogen and oxygen atoms in total. The van der Waals surface area contributed by atoms with E-state index in [-0.39, 0.29) is 5.41 Å². The standard InChI is InChI=1S/C56H39N3/c1-56(2)53-44-19-7-6-13-37(44)28-29-49(53)48-23-11-22-45(54(48)56)41-17-10-16-40(33-41)43-30-31-50(47-21-9-8-20-46(43)47)55-58-51(38-14-4-3-5-15-38)34-52(59-55)39-26-24-36(25-27-39)42-18-12-32-57-35-42/h3-35H,1-2H3. The first-order chi connectivity index (χ1) is 29.0. The van der Waals surface area contributed by atoms with Crippen LogP contribution in [0.15, 0.2) is 200 Å². The van der Waals surface area contributed by atoms with Crippen LogP contribution in [0.1, 0.15) is 25.0 Å². The highest BCUT2D eigenvalue weighted by molar-refractivity contribution is 6.05. The molecule has 59 heavy (non-hydrogen) atoms. The van der Waals surface area contributed by atoms with E-state index in [1.54, 1.807) is 6.20 Å². The largest absolute Gasteiger partial charge is 0.264 e. The minimum Gasteiger partial charge on any atom is -0.264 e. The topological polar surface area (TPSA) is 38.7 Å². The Morgan fingerprint density at radius 3 is 1.68 bits per heavy atom. The molecule has 0 saturated carbocycles. The maximum atomic E-state index is 5.27. The Morgan fingerprint density at radius 2 is 0.915 bits per heavy atom. The van der Waals surface area contributed by atoms with Crippen LogP contribution in [0.4, 0.5) is 0 Å². The molecule has 0 spiro atoms. The Balaban J connectivity index is 1.02. The minimum absolute atomic E-state index is 0.166. The van der Waals surface area contributed by atoms with E-state index in [1.807, 2.05) is 18.3 Å². The lowest BCUT2D eigenvalue weighted by Crippen LogP contribution is -2.16. The highest BCUT2D eigenvalue weighted by Crippen LogP contribution is 2.54. The molecule has 1 aliphatic rings. The van der Waals surface area contributed by atoms with E-state index in [0.717, 1.165) is 50.0 Å². The fourth-order valence-electron chi connectivity index (χ4n) is 9.42. The van der Waals surface area contributed by atoms with Gasteiger partial charge in [-0.3, -0.25) is 4.98 Å². The van der Waals surface area contributed by atoms with Gasteiger partial charge < -0.3 is 0 Å². The van der Waals surface area contributed by atoms with E-state index < -0.39 is 0 Å². The predicted octanol–water partition coefficient (Wildman–Crippen LogP) is 14.5. The number of aromatic nitrogens is 3. The molecule has 2 heterocycles. The SMILES string of the molecule is CC1(C)c2c(-c3cccc(-c4ccc(-c5nc(-c6ccccc6)cc(-c6ccc(-c7cccnc7)cc6)n5)c5ccccc45)c3)cccc2-c2ccc3ccccc3c21. The zero-order valence-electron chi connectivity index (χ0n) is 32.9. The number of pyridine rings is 1. The van der Waals surface area contributed by atoms with Crippen molar-refractivity contribution in [2.75, 3.05) is 0 Å². The summed E-state index contributed by atoms with van der Waals surface area (Å²) in [6, 6.07) is 67.5. The van der Waals surface area contributed by atoms with Crippen molar-refractivity contribution in [2.24, 2.45) is 0 Å². The normalized spacial score (nSPS) is 12.7. The van der Waals surface area contributed by atoms with Gasteiger partial charge in [0.1, 0.15) is 0 Å². The van der Waals surface area contributed by atoms with Gasteiger partial charge in [-0.15, -0.1) is 0 Å². The molecule has 0 unspecified atom stereocenters. The average Bonchev–Trinajstić information content (AvgIpc) is 3.55. The zero-order valence-corrected chi connectivity index (χ0v) is 32.9. The second-order valence-corrected chi connectivity index (χ2v) is 16.0. The van der Waals surface area contributed by atoms with Gasteiger partial charge in [0.25, 0.3) is 0 Å². The van der Waals surface area contributed by atoms with Gasteiger partial charge in [-0.05, 0) is 101 Å². The summed E-state index contributed by atoms with van der Waals surface area (Å²) in [4.78, 5) is 14.8. The minimum atomic E-state index is -0.166. The second kappa shape index (κ2) is 13.9. The lowest BCUT2D eigenvalue weighted by molar-refractivity contribution is 0.668. The number of hydrogen-bond acceptors (Lipinski definition) is 3. The Bertz CT molecular complexity index is 3220. The van der Waals surface area contributed by atoms with E-state index >= 15 is 0 Å². The molecule has 0 radical (unpaired) electrons. The lowest BCUT2D eigenvalue weighted by Gasteiger charge is -2.26. The molecule has 0 N–H and O–H groups in total. The van der Waals surface area contributed by atoms with E-state index in [4.69, 9.17) is 9.97 Å². The first kappa shape index (κ1) is 34.7. The molecule has 8 aromatic carbocycles. The van der Waals surface area contributed by atoms with Crippen molar-refractivity contribution in [3.63, 3.8) is 0 Å². The Hall–Kier alpha value is -7.49. The molecule has 0 amide bonds. The second-order valence-electron chi connectivity index (χ2n) is 16.0. The summed E-state index contributed by atoms with van der Waals surface area (Å²) in [5.74, 6) is 0.698. The van der Waals surface area contributed by atoms with Gasteiger partial charge in [0, 0.05) is 34.5 Å². The lowest BCUT2D eigenvalue weighted by atomic mass is 9.77. The van der Waals surface area contributed by atoms with E-state index in [1.165, 1.54) is 55.3 Å². The summed E-state index contributed by atoms with van der Waals surface area (Å²) in [6.45, 7) is 4.78. The summed E-state index contributed by atoms with van der Waals surface area (Å²) in [7, 11) is 0. The van der Waals surface area contributed by atoms with Crippen molar-refractivity contribution in [2.45, 2.75) is 19.3 Å². The van der Waals surface area contributed by atoms with Crippen LogP contribution in [0.5, 0.6) is 0 Å². The molecule has 0 atom stereocenters. The summed E-state index contributed by atoms with van der Waals surface area (Å²) < 4.78 is 0. The van der Waals surface area contributed by atoms with Gasteiger partial charge in [-0.1, -0.05) is 178 Å². The Morgan fingerprint density at radius 1 is 0.356 bits per heavy atom. The van der Waals surface area contributed by atoms with E-state index in [9.17, 15) is 0 Å². The predicted molar refractivity (Wildman–Crippen MR) is 245 cm³/mol.